The van der Waals surface area contributed by atoms with Crippen molar-refractivity contribution in [1.29, 1.82) is 0 Å². The fourth-order valence-electron chi connectivity index (χ4n) is 2.81. The molecule has 0 heterocycles. The van der Waals surface area contributed by atoms with Crippen LogP contribution in [0.2, 0.25) is 6.04 Å². The molecule has 0 aliphatic carbocycles. The number of unbranched alkanes of at least 4 members (excludes halogenated alkanes) is 10. The zero-order valence-electron chi connectivity index (χ0n) is 13.6. The van der Waals surface area contributed by atoms with Crippen LogP contribution in [0.15, 0.2) is 30.3 Å². The molecule has 114 valence electrons. The molecule has 20 heavy (non-hydrogen) atoms. The number of aryl methyl sites for hydroxylation is 1. The monoisotopic (exact) mass is 290 g/mol. The quantitative estimate of drug-likeness (QED) is 0.341. The van der Waals surface area contributed by atoms with Crippen molar-refractivity contribution in [3.63, 3.8) is 0 Å². The molecule has 1 aromatic carbocycles. The molecule has 0 bridgehead atoms. The van der Waals surface area contributed by atoms with Gasteiger partial charge < -0.3 is 0 Å². The zero-order chi connectivity index (χ0) is 14.3. The van der Waals surface area contributed by atoms with Crippen molar-refractivity contribution >= 4 is 10.2 Å². The van der Waals surface area contributed by atoms with Crippen molar-refractivity contribution in [2.24, 2.45) is 0 Å². The average Bonchev–Trinajstić information content (AvgIpc) is 2.49. The fourth-order valence-corrected chi connectivity index (χ4v) is 3.31. The van der Waals surface area contributed by atoms with Gasteiger partial charge in [-0.15, -0.1) is 0 Å². The normalized spacial score (nSPS) is 11.0. The third-order valence-corrected chi connectivity index (χ3v) is 4.87. The summed E-state index contributed by atoms with van der Waals surface area (Å²) in [6.45, 7) is 0. The lowest BCUT2D eigenvalue weighted by atomic mass is 10.0. The first-order valence-electron chi connectivity index (χ1n) is 8.97. The standard InChI is InChI=1S/C19H34Si/c20-18-14-9-7-5-3-1-2-4-6-8-11-15-19-16-12-10-13-17-19/h10,12-13,16-17H,1-9,11,14-15,18H2,20H3. The van der Waals surface area contributed by atoms with Crippen molar-refractivity contribution in [3.05, 3.63) is 35.9 Å². The van der Waals surface area contributed by atoms with Crippen molar-refractivity contribution in [1.82, 2.24) is 0 Å². The van der Waals surface area contributed by atoms with E-state index in [-0.39, 0.29) is 0 Å². The van der Waals surface area contributed by atoms with Gasteiger partial charge in [0.05, 0.1) is 0 Å². The summed E-state index contributed by atoms with van der Waals surface area (Å²) in [7, 11) is 1.40. The third kappa shape index (κ3) is 10.3. The molecule has 0 aromatic heterocycles. The number of benzene rings is 1. The Morgan fingerprint density at radius 3 is 1.50 bits per heavy atom. The molecule has 0 aliphatic heterocycles. The van der Waals surface area contributed by atoms with Crippen LogP contribution in [0.4, 0.5) is 0 Å². The minimum atomic E-state index is 1.27. The summed E-state index contributed by atoms with van der Waals surface area (Å²) in [6, 6.07) is 12.4. The Balaban J connectivity index is 1.77. The van der Waals surface area contributed by atoms with Crippen LogP contribution in [0, 0.1) is 0 Å². The lowest BCUT2D eigenvalue weighted by Gasteiger charge is -2.03. The summed E-state index contributed by atoms with van der Waals surface area (Å²) >= 11 is 0. The lowest BCUT2D eigenvalue weighted by molar-refractivity contribution is 0.549. The van der Waals surface area contributed by atoms with Crippen molar-refractivity contribution < 1.29 is 0 Å². The molecular weight excluding hydrogens is 256 g/mol. The summed E-state index contributed by atoms with van der Waals surface area (Å²) < 4.78 is 0. The van der Waals surface area contributed by atoms with Gasteiger partial charge in [0, 0.05) is 10.2 Å². The molecule has 0 radical (unpaired) electrons. The Morgan fingerprint density at radius 2 is 1.00 bits per heavy atom. The molecule has 0 nitrogen and oxygen atoms in total. The molecule has 1 aromatic rings. The van der Waals surface area contributed by atoms with Crippen LogP contribution in [0.3, 0.4) is 0 Å². The molecule has 0 saturated carbocycles. The summed E-state index contributed by atoms with van der Waals surface area (Å²) in [6.07, 6.45) is 17.3. The van der Waals surface area contributed by atoms with Crippen LogP contribution in [-0.4, -0.2) is 10.2 Å². The third-order valence-electron chi connectivity index (χ3n) is 4.16. The molecule has 0 aliphatic rings. The van der Waals surface area contributed by atoms with E-state index in [9.17, 15) is 0 Å². The van der Waals surface area contributed by atoms with E-state index in [4.69, 9.17) is 0 Å². The van der Waals surface area contributed by atoms with Gasteiger partial charge in [-0.2, -0.15) is 0 Å². The van der Waals surface area contributed by atoms with E-state index >= 15 is 0 Å². The molecule has 0 spiro atoms. The van der Waals surface area contributed by atoms with Gasteiger partial charge >= 0.3 is 0 Å². The molecule has 0 fully saturated rings. The van der Waals surface area contributed by atoms with Crippen LogP contribution in [0.25, 0.3) is 0 Å². The predicted molar refractivity (Wildman–Crippen MR) is 95.7 cm³/mol. The summed E-state index contributed by atoms with van der Waals surface area (Å²) in [4.78, 5) is 0. The van der Waals surface area contributed by atoms with Gasteiger partial charge in [-0.3, -0.25) is 0 Å². The molecule has 0 atom stereocenters. The largest absolute Gasteiger partial charge is 0.0658 e. The van der Waals surface area contributed by atoms with Gasteiger partial charge in [-0.25, -0.2) is 0 Å². The SMILES string of the molecule is [SiH3]CCCCCCCCCCCCCc1ccccc1. The lowest BCUT2D eigenvalue weighted by Crippen LogP contribution is -1.86. The highest BCUT2D eigenvalue weighted by molar-refractivity contribution is 6.08. The van der Waals surface area contributed by atoms with Crippen LogP contribution < -0.4 is 0 Å². The molecule has 0 saturated heterocycles. The first-order valence-corrected chi connectivity index (χ1v) is 10.4. The van der Waals surface area contributed by atoms with E-state index in [0.717, 1.165) is 0 Å². The highest BCUT2D eigenvalue weighted by atomic mass is 28.1. The van der Waals surface area contributed by atoms with Gasteiger partial charge in [0.25, 0.3) is 0 Å². The summed E-state index contributed by atoms with van der Waals surface area (Å²) in [5.41, 5.74) is 1.50. The van der Waals surface area contributed by atoms with Gasteiger partial charge in [-0.1, -0.05) is 101 Å². The van der Waals surface area contributed by atoms with E-state index in [0.29, 0.717) is 0 Å². The molecule has 0 unspecified atom stereocenters. The fraction of sp³-hybridized carbons (Fsp3) is 0.684. The Bertz CT molecular complexity index is 294. The first-order chi connectivity index (χ1) is 9.93. The Kier molecular flexibility index (Phi) is 11.7. The van der Waals surface area contributed by atoms with E-state index in [1.54, 1.807) is 0 Å². The predicted octanol–water partition coefficient (Wildman–Crippen LogP) is 5.30. The molecule has 1 heteroatoms. The Hall–Kier alpha value is -0.563. The maximum atomic E-state index is 2.25. The first kappa shape index (κ1) is 17.5. The van der Waals surface area contributed by atoms with Crippen LogP contribution in [0.1, 0.15) is 76.2 Å². The average molecular weight is 291 g/mol. The molecular formula is C19H34Si. The van der Waals surface area contributed by atoms with Crippen molar-refractivity contribution in [2.75, 3.05) is 0 Å². The second-order valence-corrected chi connectivity index (χ2v) is 7.12. The number of rotatable bonds is 13. The smallest absolute Gasteiger partial charge is 0.00279 e. The zero-order valence-corrected chi connectivity index (χ0v) is 15.6. The highest BCUT2D eigenvalue weighted by Gasteiger charge is 1.94. The topological polar surface area (TPSA) is 0 Å². The van der Waals surface area contributed by atoms with Gasteiger partial charge in [0.1, 0.15) is 0 Å². The van der Waals surface area contributed by atoms with Crippen LogP contribution in [-0.2, 0) is 6.42 Å². The molecule has 0 amide bonds. The van der Waals surface area contributed by atoms with Crippen molar-refractivity contribution in [2.45, 2.75) is 83.1 Å². The minimum absolute atomic E-state index is 1.27. The molecule has 0 N–H and O–H groups in total. The van der Waals surface area contributed by atoms with E-state index in [1.165, 1.54) is 98.9 Å². The van der Waals surface area contributed by atoms with Crippen LogP contribution in [0.5, 0.6) is 0 Å². The van der Waals surface area contributed by atoms with Gasteiger partial charge in [0.15, 0.2) is 0 Å². The van der Waals surface area contributed by atoms with Gasteiger partial charge in [-0.05, 0) is 18.4 Å². The van der Waals surface area contributed by atoms with Crippen LogP contribution >= 0.6 is 0 Å². The minimum Gasteiger partial charge on any atom is -0.0658 e. The Labute approximate surface area is 129 Å². The number of hydrogen-bond donors (Lipinski definition) is 0. The molecule has 1 rings (SSSR count). The van der Waals surface area contributed by atoms with E-state index < -0.39 is 0 Å². The summed E-state index contributed by atoms with van der Waals surface area (Å²) in [5, 5.41) is 0. The number of hydrogen-bond acceptors (Lipinski definition) is 0. The van der Waals surface area contributed by atoms with Crippen molar-refractivity contribution in [3.8, 4) is 0 Å². The summed E-state index contributed by atoms with van der Waals surface area (Å²) in [5.74, 6) is 0. The van der Waals surface area contributed by atoms with E-state index in [1.807, 2.05) is 0 Å². The maximum absolute atomic E-state index is 2.25. The van der Waals surface area contributed by atoms with E-state index in [2.05, 4.69) is 30.3 Å². The maximum Gasteiger partial charge on any atom is 0.00279 e. The second kappa shape index (κ2) is 13.4. The second-order valence-electron chi connectivity index (χ2n) is 6.12. The highest BCUT2D eigenvalue weighted by Crippen LogP contribution is 2.13. The van der Waals surface area contributed by atoms with Gasteiger partial charge in [0.2, 0.25) is 0 Å². The Morgan fingerprint density at radius 1 is 0.550 bits per heavy atom.